The quantitative estimate of drug-likeness (QED) is 0.192. The third-order valence-electron chi connectivity index (χ3n) is 5.89. The molecule has 0 aromatic heterocycles. The predicted octanol–water partition coefficient (Wildman–Crippen LogP) is 7.92. The fraction of sp³-hybridized carbons (Fsp3) is 0.0312. The molecule has 0 heterocycles. The molecule has 3 heteroatoms. The Labute approximate surface area is 205 Å². The molecule has 0 spiro atoms. The highest BCUT2D eigenvalue weighted by molar-refractivity contribution is 5.92. The van der Waals surface area contributed by atoms with Gasteiger partial charge in [-0.1, -0.05) is 91.0 Å². The van der Waals surface area contributed by atoms with Gasteiger partial charge >= 0.3 is 5.97 Å². The van der Waals surface area contributed by atoms with Crippen molar-refractivity contribution in [2.75, 3.05) is 7.11 Å². The van der Waals surface area contributed by atoms with Gasteiger partial charge in [-0.05, 0) is 58.7 Å². The summed E-state index contributed by atoms with van der Waals surface area (Å²) >= 11 is 0. The van der Waals surface area contributed by atoms with E-state index in [1.165, 1.54) is 0 Å². The Hall–Kier alpha value is -4.63. The Morgan fingerprint density at radius 3 is 1.49 bits per heavy atom. The van der Waals surface area contributed by atoms with Crippen LogP contribution < -0.4 is 9.47 Å². The lowest BCUT2D eigenvalue weighted by molar-refractivity contribution is 0.0735. The van der Waals surface area contributed by atoms with Crippen LogP contribution >= 0.6 is 0 Å². The van der Waals surface area contributed by atoms with Crippen LogP contribution in [0.25, 0.3) is 33.4 Å². The standard InChI is InChI=1S/C32H24O3/c1-34-30-19-17-26(21-28(30)23-11-5-2-6-12-23)27-18-20-31(29(22-27)24-13-7-3-8-14-24)35-32(33)25-15-9-4-10-16-25/h2-22H,1H3. The Bertz CT molecular complexity index is 1440. The number of ether oxygens (including phenoxy) is 2. The SMILES string of the molecule is COc1ccc(-c2ccc(OC(=O)c3ccccc3)c(-c3ccccc3)c2)cc1-c1ccccc1. The zero-order valence-corrected chi connectivity index (χ0v) is 19.3. The van der Waals surface area contributed by atoms with Gasteiger partial charge in [0.1, 0.15) is 11.5 Å². The molecular weight excluding hydrogens is 432 g/mol. The third kappa shape index (κ3) is 4.85. The number of carbonyl (C=O) groups excluding carboxylic acids is 1. The highest BCUT2D eigenvalue weighted by Gasteiger charge is 2.15. The molecule has 0 atom stereocenters. The Balaban J connectivity index is 1.58. The van der Waals surface area contributed by atoms with Crippen molar-refractivity contribution in [3.05, 3.63) is 133 Å². The summed E-state index contributed by atoms with van der Waals surface area (Å²) in [5.41, 5.74) is 6.50. The molecule has 0 aliphatic heterocycles. The van der Waals surface area contributed by atoms with Crippen LogP contribution in [0.2, 0.25) is 0 Å². The van der Waals surface area contributed by atoms with E-state index < -0.39 is 0 Å². The van der Waals surface area contributed by atoms with Crippen molar-refractivity contribution in [3.63, 3.8) is 0 Å². The molecule has 0 saturated heterocycles. The van der Waals surface area contributed by atoms with Crippen LogP contribution in [0.1, 0.15) is 10.4 Å². The fourth-order valence-corrected chi connectivity index (χ4v) is 4.11. The highest BCUT2D eigenvalue weighted by Crippen LogP contribution is 2.38. The van der Waals surface area contributed by atoms with Gasteiger partial charge in [-0.25, -0.2) is 4.79 Å². The molecule has 5 rings (SSSR count). The second-order valence-electron chi connectivity index (χ2n) is 8.11. The summed E-state index contributed by atoms with van der Waals surface area (Å²) in [5.74, 6) is 0.952. The van der Waals surface area contributed by atoms with Crippen molar-refractivity contribution in [3.8, 4) is 44.9 Å². The van der Waals surface area contributed by atoms with Crippen LogP contribution in [0, 0.1) is 0 Å². The summed E-state index contributed by atoms with van der Waals surface area (Å²) in [6, 6.07) is 41.3. The molecule has 0 fully saturated rings. The smallest absolute Gasteiger partial charge is 0.343 e. The topological polar surface area (TPSA) is 35.5 Å². The Morgan fingerprint density at radius 2 is 0.971 bits per heavy atom. The molecule has 35 heavy (non-hydrogen) atoms. The van der Waals surface area contributed by atoms with Gasteiger partial charge in [-0.3, -0.25) is 0 Å². The van der Waals surface area contributed by atoms with E-state index in [4.69, 9.17) is 9.47 Å². The van der Waals surface area contributed by atoms with Crippen molar-refractivity contribution >= 4 is 5.97 Å². The van der Waals surface area contributed by atoms with Crippen molar-refractivity contribution < 1.29 is 14.3 Å². The van der Waals surface area contributed by atoms with Gasteiger partial charge in [0.25, 0.3) is 0 Å². The molecule has 170 valence electrons. The zero-order chi connectivity index (χ0) is 24.0. The van der Waals surface area contributed by atoms with Crippen molar-refractivity contribution in [1.29, 1.82) is 0 Å². The van der Waals surface area contributed by atoms with E-state index in [0.29, 0.717) is 11.3 Å². The first-order valence-corrected chi connectivity index (χ1v) is 11.4. The van der Waals surface area contributed by atoms with Crippen LogP contribution in [-0.4, -0.2) is 13.1 Å². The predicted molar refractivity (Wildman–Crippen MR) is 141 cm³/mol. The molecular formula is C32H24O3. The maximum absolute atomic E-state index is 12.8. The summed E-state index contributed by atoms with van der Waals surface area (Å²) in [7, 11) is 1.69. The first kappa shape index (κ1) is 22.2. The summed E-state index contributed by atoms with van der Waals surface area (Å²) in [4.78, 5) is 12.8. The van der Waals surface area contributed by atoms with Crippen molar-refractivity contribution in [1.82, 2.24) is 0 Å². The largest absolute Gasteiger partial charge is 0.496 e. The maximum Gasteiger partial charge on any atom is 0.343 e. The van der Waals surface area contributed by atoms with Gasteiger partial charge in [0.2, 0.25) is 0 Å². The van der Waals surface area contributed by atoms with E-state index in [9.17, 15) is 4.79 Å². The first-order valence-electron chi connectivity index (χ1n) is 11.4. The molecule has 0 radical (unpaired) electrons. The van der Waals surface area contributed by atoms with Gasteiger partial charge in [0.15, 0.2) is 0 Å². The van der Waals surface area contributed by atoms with Crippen LogP contribution in [-0.2, 0) is 0 Å². The lowest BCUT2D eigenvalue weighted by Gasteiger charge is -2.15. The lowest BCUT2D eigenvalue weighted by Crippen LogP contribution is -2.09. The average Bonchev–Trinajstić information content (AvgIpc) is 2.94. The lowest BCUT2D eigenvalue weighted by atomic mass is 9.95. The van der Waals surface area contributed by atoms with Crippen molar-refractivity contribution in [2.24, 2.45) is 0 Å². The molecule has 0 saturated carbocycles. The monoisotopic (exact) mass is 456 g/mol. The third-order valence-corrected chi connectivity index (χ3v) is 5.89. The highest BCUT2D eigenvalue weighted by atomic mass is 16.5. The number of carbonyl (C=O) groups is 1. The second kappa shape index (κ2) is 10.1. The normalized spacial score (nSPS) is 10.5. The summed E-state index contributed by atoms with van der Waals surface area (Å²) in [6.45, 7) is 0. The minimum absolute atomic E-state index is 0.383. The average molecular weight is 457 g/mol. The number of esters is 1. The van der Waals surface area contributed by atoms with Crippen LogP contribution in [0.3, 0.4) is 0 Å². The summed E-state index contributed by atoms with van der Waals surface area (Å²) in [6.07, 6.45) is 0. The van der Waals surface area contributed by atoms with E-state index in [1.807, 2.05) is 91.0 Å². The summed E-state index contributed by atoms with van der Waals surface area (Å²) < 4.78 is 11.5. The Morgan fingerprint density at radius 1 is 0.514 bits per heavy atom. The van der Waals surface area contributed by atoms with E-state index in [0.717, 1.165) is 39.1 Å². The van der Waals surface area contributed by atoms with Gasteiger partial charge in [0, 0.05) is 11.1 Å². The van der Waals surface area contributed by atoms with E-state index in [-0.39, 0.29) is 5.97 Å². The number of hydrogen-bond donors (Lipinski definition) is 0. The van der Waals surface area contributed by atoms with E-state index in [2.05, 4.69) is 24.3 Å². The Kier molecular flexibility index (Phi) is 6.40. The zero-order valence-electron chi connectivity index (χ0n) is 19.3. The molecule has 0 unspecified atom stereocenters. The molecule has 0 N–H and O–H groups in total. The van der Waals surface area contributed by atoms with E-state index in [1.54, 1.807) is 19.2 Å². The van der Waals surface area contributed by atoms with Crippen LogP contribution in [0.5, 0.6) is 11.5 Å². The minimum atomic E-state index is -0.383. The summed E-state index contributed by atoms with van der Waals surface area (Å²) in [5, 5.41) is 0. The number of hydrogen-bond acceptors (Lipinski definition) is 3. The minimum Gasteiger partial charge on any atom is -0.496 e. The molecule has 5 aromatic carbocycles. The molecule has 5 aromatic rings. The van der Waals surface area contributed by atoms with Gasteiger partial charge in [0.05, 0.1) is 12.7 Å². The van der Waals surface area contributed by atoms with Crippen molar-refractivity contribution in [2.45, 2.75) is 0 Å². The number of rotatable bonds is 6. The molecule has 0 bridgehead atoms. The molecule has 3 nitrogen and oxygen atoms in total. The van der Waals surface area contributed by atoms with Crippen LogP contribution in [0.15, 0.2) is 127 Å². The fourth-order valence-electron chi connectivity index (χ4n) is 4.11. The first-order chi connectivity index (χ1) is 17.2. The molecule has 0 aliphatic rings. The van der Waals surface area contributed by atoms with Crippen LogP contribution in [0.4, 0.5) is 0 Å². The molecule has 0 amide bonds. The van der Waals surface area contributed by atoms with E-state index >= 15 is 0 Å². The molecule has 0 aliphatic carbocycles. The number of benzene rings is 5. The second-order valence-corrected chi connectivity index (χ2v) is 8.11. The van der Waals surface area contributed by atoms with Gasteiger partial charge < -0.3 is 9.47 Å². The maximum atomic E-state index is 12.8. The van der Waals surface area contributed by atoms with Gasteiger partial charge in [-0.2, -0.15) is 0 Å². The van der Waals surface area contributed by atoms with Gasteiger partial charge in [-0.15, -0.1) is 0 Å². The number of methoxy groups -OCH3 is 1.